The van der Waals surface area contributed by atoms with Gasteiger partial charge in [-0.1, -0.05) is 18.2 Å². The van der Waals surface area contributed by atoms with Crippen LogP contribution in [0.3, 0.4) is 0 Å². The second-order valence-corrected chi connectivity index (χ2v) is 7.45. The Kier molecular flexibility index (Phi) is 5.26. The Morgan fingerprint density at radius 3 is 2.65 bits per heavy atom. The van der Waals surface area contributed by atoms with E-state index in [1.54, 1.807) is 18.0 Å². The maximum absolute atomic E-state index is 5.31. The van der Waals surface area contributed by atoms with Crippen LogP contribution >= 0.6 is 0 Å². The highest BCUT2D eigenvalue weighted by Crippen LogP contribution is 2.26. The zero-order chi connectivity index (χ0) is 21.0. The highest BCUT2D eigenvalue weighted by atomic mass is 16.5. The first-order valence-electron chi connectivity index (χ1n) is 10.4. The molecule has 0 aliphatic carbocycles. The summed E-state index contributed by atoms with van der Waals surface area (Å²) in [6.07, 6.45) is 5.75. The van der Waals surface area contributed by atoms with Crippen LogP contribution in [-0.2, 0) is 6.54 Å². The van der Waals surface area contributed by atoms with Gasteiger partial charge in [-0.25, -0.2) is 14.6 Å². The zero-order valence-corrected chi connectivity index (χ0v) is 17.3. The van der Waals surface area contributed by atoms with Crippen molar-refractivity contribution < 1.29 is 4.74 Å². The molecule has 0 unspecified atom stereocenters. The first-order valence-corrected chi connectivity index (χ1v) is 10.4. The largest absolute Gasteiger partial charge is 0.497 e. The van der Waals surface area contributed by atoms with E-state index in [2.05, 4.69) is 54.5 Å². The van der Waals surface area contributed by atoms with Gasteiger partial charge >= 0.3 is 0 Å². The summed E-state index contributed by atoms with van der Waals surface area (Å²) in [5.41, 5.74) is 3.92. The first-order chi connectivity index (χ1) is 15.3. The molecule has 0 atom stereocenters. The van der Waals surface area contributed by atoms with Crippen LogP contribution in [0.25, 0.3) is 16.7 Å². The molecule has 3 heterocycles. The van der Waals surface area contributed by atoms with Gasteiger partial charge < -0.3 is 9.64 Å². The number of fused-ring (bicyclic) bond motifs is 1. The van der Waals surface area contributed by atoms with Crippen LogP contribution in [0.1, 0.15) is 18.4 Å². The van der Waals surface area contributed by atoms with E-state index in [4.69, 9.17) is 4.74 Å². The van der Waals surface area contributed by atoms with Gasteiger partial charge in [-0.15, -0.1) is 5.11 Å². The molecule has 8 heteroatoms. The predicted octanol–water partition coefficient (Wildman–Crippen LogP) is 4.71. The minimum absolute atomic E-state index is 0.496. The molecule has 0 N–H and O–H groups in total. The maximum Gasteiger partial charge on any atom is 0.188 e. The predicted molar refractivity (Wildman–Crippen MR) is 119 cm³/mol. The molecule has 5 rings (SSSR count). The molecule has 1 fully saturated rings. The fourth-order valence-electron chi connectivity index (χ4n) is 3.81. The standard InChI is InChI=1S/C23H23N7O/c1-31-20-6-4-5-19(13-20)30-23-21(15-27-30)22(24-16-25-23)28-26-14-17-7-9-18(10-8-17)29-11-2-3-12-29/h4-10,13,15-16H,2-3,11-12,14H2,1H3. The second-order valence-electron chi connectivity index (χ2n) is 7.45. The van der Waals surface area contributed by atoms with Gasteiger partial charge in [0.25, 0.3) is 0 Å². The van der Waals surface area contributed by atoms with Gasteiger partial charge in [-0.05, 0) is 42.7 Å². The van der Waals surface area contributed by atoms with Crippen molar-refractivity contribution in [2.24, 2.45) is 10.2 Å². The summed E-state index contributed by atoms with van der Waals surface area (Å²) < 4.78 is 7.06. The molecule has 1 aliphatic heterocycles. The van der Waals surface area contributed by atoms with Crippen LogP contribution in [-0.4, -0.2) is 39.9 Å². The van der Waals surface area contributed by atoms with Gasteiger partial charge in [-0.2, -0.15) is 10.2 Å². The van der Waals surface area contributed by atoms with E-state index in [1.165, 1.54) is 24.9 Å². The fourth-order valence-corrected chi connectivity index (χ4v) is 3.81. The van der Waals surface area contributed by atoms with Crippen molar-refractivity contribution in [1.29, 1.82) is 0 Å². The minimum atomic E-state index is 0.496. The molecule has 2 aromatic heterocycles. The van der Waals surface area contributed by atoms with E-state index >= 15 is 0 Å². The van der Waals surface area contributed by atoms with Gasteiger partial charge in [0.2, 0.25) is 0 Å². The Labute approximate surface area is 180 Å². The maximum atomic E-state index is 5.31. The second kappa shape index (κ2) is 8.51. The van der Waals surface area contributed by atoms with Gasteiger partial charge in [0.1, 0.15) is 12.1 Å². The lowest BCUT2D eigenvalue weighted by Gasteiger charge is -2.17. The monoisotopic (exact) mass is 413 g/mol. The summed E-state index contributed by atoms with van der Waals surface area (Å²) in [5.74, 6) is 1.26. The lowest BCUT2D eigenvalue weighted by atomic mass is 10.2. The number of methoxy groups -OCH3 is 1. The van der Waals surface area contributed by atoms with E-state index in [0.717, 1.165) is 35.5 Å². The van der Waals surface area contributed by atoms with Gasteiger partial charge in [0.05, 0.1) is 30.9 Å². The number of anilines is 1. The number of azo groups is 1. The van der Waals surface area contributed by atoms with E-state index in [-0.39, 0.29) is 0 Å². The number of hydrogen-bond acceptors (Lipinski definition) is 7. The van der Waals surface area contributed by atoms with Crippen molar-refractivity contribution in [3.8, 4) is 11.4 Å². The zero-order valence-electron chi connectivity index (χ0n) is 17.3. The van der Waals surface area contributed by atoms with Crippen molar-refractivity contribution in [2.45, 2.75) is 19.4 Å². The van der Waals surface area contributed by atoms with Crippen LogP contribution < -0.4 is 9.64 Å². The molecule has 1 aliphatic rings. The van der Waals surface area contributed by atoms with Gasteiger partial charge in [0.15, 0.2) is 11.5 Å². The van der Waals surface area contributed by atoms with E-state index < -0.39 is 0 Å². The van der Waals surface area contributed by atoms with Crippen LogP contribution in [0.5, 0.6) is 5.75 Å². The number of aromatic nitrogens is 4. The van der Waals surface area contributed by atoms with Gasteiger partial charge in [-0.3, -0.25) is 0 Å². The Hall–Kier alpha value is -3.81. The lowest BCUT2D eigenvalue weighted by molar-refractivity contribution is 0.414. The number of rotatable bonds is 6. The lowest BCUT2D eigenvalue weighted by Crippen LogP contribution is -2.17. The summed E-state index contributed by atoms with van der Waals surface area (Å²) in [7, 11) is 1.64. The normalized spacial score (nSPS) is 14.0. The minimum Gasteiger partial charge on any atom is -0.497 e. The van der Waals surface area contributed by atoms with Crippen molar-refractivity contribution in [1.82, 2.24) is 19.7 Å². The summed E-state index contributed by atoms with van der Waals surface area (Å²) in [6.45, 7) is 2.79. The van der Waals surface area contributed by atoms with Crippen LogP contribution in [0.4, 0.5) is 11.5 Å². The molecule has 2 aromatic carbocycles. The summed E-state index contributed by atoms with van der Waals surface area (Å²) in [6, 6.07) is 16.2. The molecule has 0 amide bonds. The Morgan fingerprint density at radius 1 is 1.00 bits per heavy atom. The van der Waals surface area contributed by atoms with Gasteiger partial charge in [0, 0.05) is 24.8 Å². The van der Waals surface area contributed by atoms with Crippen molar-refractivity contribution in [3.05, 3.63) is 66.6 Å². The highest BCUT2D eigenvalue weighted by Gasteiger charge is 2.13. The van der Waals surface area contributed by atoms with E-state index in [1.807, 2.05) is 24.3 Å². The third kappa shape index (κ3) is 3.96. The van der Waals surface area contributed by atoms with Crippen LogP contribution in [0.15, 0.2) is 71.3 Å². The highest BCUT2D eigenvalue weighted by molar-refractivity contribution is 5.85. The summed E-state index contributed by atoms with van der Waals surface area (Å²) >= 11 is 0. The molecule has 4 aromatic rings. The molecular weight excluding hydrogens is 390 g/mol. The molecule has 1 saturated heterocycles. The van der Waals surface area contributed by atoms with Crippen LogP contribution in [0, 0.1) is 0 Å². The Morgan fingerprint density at radius 2 is 1.84 bits per heavy atom. The third-order valence-corrected chi connectivity index (χ3v) is 5.47. The molecule has 156 valence electrons. The first kappa shape index (κ1) is 19.2. The van der Waals surface area contributed by atoms with Crippen molar-refractivity contribution in [2.75, 3.05) is 25.1 Å². The van der Waals surface area contributed by atoms with E-state index in [9.17, 15) is 0 Å². The summed E-state index contributed by atoms with van der Waals surface area (Å²) in [5, 5.41) is 13.9. The molecule has 0 saturated carbocycles. The Balaban J connectivity index is 1.34. The quantitative estimate of drug-likeness (QED) is 0.428. The summed E-state index contributed by atoms with van der Waals surface area (Å²) in [4.78, 5) is 11.1. The molecule has 8 nitrogen and oxygen atoms in total. The number of nitrogens with zero attached hydrogens (tertiary/aromatic N) is 7. The van der Waals surface area contributed by atoms with Crippen LogP contribution in [0.2, 0.25) is 0 Å². The van der Waals surface area contributed by atoms with Crippen molar-refractivity contribution in [3.63, 3.8) is 0 Å². The average Bonchev–Trinajstić information content (AvgIpc) is 3.50. The third-order valence-electron chi connectivity index (χ3n) is 5.47. The smallest absolute Gasteiger partial charge is 0.188 e. The number of benzene rings is 2. The molecular formula is C23H23N7O. The molecule has 0 bridgehead atoms. The number of ether oxygens (including phenoxy) is 1. The molecule has 0 spiro atoms. The SMILES string of the molecule is COc1cccc(-n2ncc3c(N=NCc4ccc(N5CCCC5)cc4)ncnc32)c1. The fraction of sp³-hybridized carbons (Fsp3) is 0.261. The number of hydrogen-bond donors (Lipinski definition) is 0. The molecule has 0 radical (unpaired) electrons. The Bertz CT molecular complexity index is 1210. The van der Waals surface area contributed by atoms with E-state index in [0.29, 0.717) is 18.0 Å². The molecule has 31 heavy (non-hydrogen) atoms. The van der Waals surface area contributed by atoms with Crippen molar-refractivity contribution >= 4 is 22.5 Å². The average molecular weight is 413 g/mol. The topological polar surface area (TPSA) is 80.8 Å².